The minimum atomic E-state index is 0.619. The van der Waals surface area contributed by atoms with E-state index >= 15 is 0 Å². The second kappa shape index (κ2) is 3.46. The zero-order valence-corrected chi connectivity index (χ0v) is 8.38. The van der Waals surface area contributed by atoms with Gasteiger partial charge in [-0.25, -0.2) is 0 Å². The quantitative estimate of drug-likeness (QED) is 0.537. The summed E-state index contributed by atoms with van der Waals surface area (Å²) in [6, 6.07) is 8.27. The lowest BCUT2D eigenvalue weighted by atomic mass is 10.1. The molecule has 1 nitrogen and oxygen atoms in total. The fourth-order valence-corrected chi connectivity index (χ4v) is 2.31. The Morgan fingerprint density at radius 3 is 2.54 bits per heavy atom. The Kier molecular flexibility index (Phi) is 2.32. The van der Waals surface area contributed by atoms with Crippen LogP contribution in [0.25, 0.3) is 0 Å². The highest BCUT2D eigenvalue weighted by Crippen LogP contribution is 2.55. The van der Waals surface area contributed by atoms with Gasteiger partial charge in [-0.05, 0) is 17.7 Å². The standard InChI is InChI=1S/C11H12OS/c1-3-10-11(13-10)8-4-6-9(12-2)7-5-8/h3-7,10-11H,1H2,2H3. The highest BCUT2D eigenvalue weighted by atomic mass is 32.2. The maximum absolute atomic E-state index is 5.10. The van der Waals surface area contributed by atoms with Crippen LogP contribution < -0.4 is 4.74 Å². The van der Waals surface area contributed by atoms with Crippen LogP contribution in [-0.4, -0.2) is 12.4 Å². The molecule has 0 spiro atoms. The van der Waals surface area contributed by atoms with E-state index < -0.39 is 0 Å². The normalized spacial score (nSPS) is 25.3. The molecular formula is C11H12OS. The van der Waals surface area contributed by atoms with Crippen molar-refractivity contribution >= 4 is 11.8 Å². The summed E-state index contributed by atoms with van der Waals surface area (Å²) in [5.74, 6) is 0.921. The molecule has 1 aromatic rings. The fourth-order valence-electron chi connectivity index (χ4n) is 1.36. The third kappa shape index (κ3) is 1.73. The van der Waals surface area contributed by atoms with Gasteiger partial charge >= 0.3 is 0 Å². The molecule has 0 radical (unpaired) electrons. The number of ether oxygens (including phenoxy) is 1. The summed E-state index contributed by atoms with van der Waals surface area (Å²) in [6.07, 6.45) is 2.01. The van der Waals surface area contributed by atoms with E-state index in [2.05, 4.69) is 18.7 Å². The highest BCUT2D eigenvalue weighted by molar-refractivity contribution is 8.07. The first kappa shape index (κ1) is 8.70. The maximum Gasteiger partial charge on any atom is 0.118 e. The van der Waals surface area contributed by atoms with Gasteiger partial charge < -0.3 is 4.74 Å². The van der Waals surface area contributed by atoms with Gasteiger partial charge in [0.2, 0.25) is 0 Å². The summed E-state index contributed by atoms with van der Waals surface area (Å²) in [5.41, 5.74) is 1.37. The predicted molar refractivity (Wildman–Crippen MR) is 57.3 cm³/mol. The Labute approximate surface area is 82.8 Å². The average Bonchev–Trinajstić information content (AvgIpc) is 2.97. The lowest BCUT2D eigenvalue weighted by molar-refractivity contribution is 0.414. The van der Waals surface area contributed by atoms with E-state index in [1.54, 1.807) is 7.11 Å². The van der Waals surface area contributed by atoms with Crippen LogP contribution in [0.5, 0.6) is 5.75 Å². The van der Waals surface area contributed by atoms with Gasteiger partial charge in [0, 0.05) is 10.5 Å². The topological polar surface area (TPSA) is 9.23 Å². The minimum absolute atomic E-state index is 0.619. The molecule has 1 aliphatic heterocycles. The van der Waals surface area contributed by atoms with E-state index in [9.17, 15) is 0 Å². The minimum Gasteiger partial charge on any atom is -0.497 e. The van der Waals surface area contributed by atoms with Gasteiger partial charge in [0.1, 0.15) is 5.75 Å². The molecule has 68 valence electrons. The molecule has 1 aliphatic rings. The Bertz CT molecular complexity index is 304. The first-order chi connectivity index (χ1) is 6.35. The SMILES string of the molecule is C=CC1SC1c1ccc(OC)cc1. The van der Waals surface area contributed by atoms with Crippen molar-refractivity contribution in [1.29, 1.82) is 0 Å². The summed E-state index contributed by atoms with van der Waals surface area (Å²) in [4.78, 5) is 0. The summed E-state index contributed by atoms with van der Waals surface area (Å²) >= 11 is 1.94. The molecule has 1 fully saturated rings. The summed E-state index contributed by atoms with van der Waals surface area (Å²) in [6.45, 7) is 3.79. The maximum atomic E-state index is 5.10. The number of hydrogen-bond donors (Lipinski definition) is 0. The van der Waals surface area contributed by atoms with Crippen LogP contribution in [0.3, 0.4) is 0 Å². The van der Waals surface area contributed by atoms with Gasteiger partial charge in [-0.2, -0.15) is 0 Å². The van der Waals surface area contributed by atoms with Gasteiger partial charge in [0.05, 0.1) is 7.11 Å². The molecule has 0 saturated carbocycles. The molecule has 0 N–H and O–H groups in total. The van der Waals surface area contributed by atoms with E-state index in [-0.39, 0.29) is 0 Å². The van der Waals surface area contributed by atoms with Gasteiger partial charge in [0.25, 0.3) is 0 Å². The van der Waals surface area contributed by atoms with E-state index in [1.165, 1.54) is 5.56 Å². The van der Waals surface area contributed by atoms with Crippen molar-refractivity contribution in [3.05, 3.63) is 42.5 Å². The molecule has 1 aromatic carbocycles. The van der Waals surface area contributed by atoms with Crippen molar-refractivity contribution in [3.63, 3.8) is 0 Å². The Morgan fingerprint density at radius 2 is 2.08 bits per heavy atom. The monoisotopic (exact) mass is 192 g/mol. The van der Waals surface area contributed by atoms with Crippen LogP contribution in [0.4, 0.5) is 0 Å². The van der Waals surface area contributed by atoms with Crippen LogP contribution in [-0.2, 0) is 0 Å². The van der Waals surface area contributed by atoms with Crippen molar-refractivity contribution < 1.29 is 4.74 Å². The van der Waals surface area contributed by atoms with Crippen LogP contribution in [0.15, 0.2) is 36.9 Å². The summed E-state index contributed by atoms with van der Waals surface area (Å²) < 4.78 is 5.10. The molecule has 2 rings (SSSR count). The first-order valence-corrected chi connectivity index (χ1v) is 5.21. The number of methoxy groups -OCH3 is 1. The molecule has 2 unspecified atom stereocenters. The predicted octanol–water partition coefficient (Wildman–Crippen LogP) is 3.04. The number of rotatable bonds is 3. The van der Waals surface area contributed by atoms with Crippen LogP contribution in [0, 0.1) is 0 Å². The van der Waals surface area contributed by atoms with Gasteiger partial charge in [-0.1, -0.05) is 18.2 Å². The average molecular weight is 192 g/mol. The third-order valence-electron chi connectivity index (χ3n) is 2.20. The molecule has 0 bridgehead atoms. The van der Waals surface area contributed by atoms with Gasteiger partial charge in [0.15, 0.2) is 0 Å². The Balaban J connectivity index is 2.11. The number of hydrogen-bond acceptors (Lipinski definition) is 2. The fraction of sp³-hybridized carbons (Fsp3) is 0.273. The zero-order valence-electron chi connectivity index (χ0n) is 7.57. The third-order valence-corrected chi connectivity index (χ3v) is 3.53. The Hall–Kier alpha value is -0.890. The molecule has 2 heteroatoms. The second-order valence-electron chi connectivity index (χ2n) is 3.03. The van der Waals surface area contributed by atoms with Crippen molar-refractivity contribution in [2.45, 2.75) is 10.5 Å². The van der Waals surface area contributed by atoms with Crippen LogP contribution >= 0.6 is 11.8 Å². The second-order valence-corrected chi connectivity index (χ2v) is 4.35. The zero-order chi connectivity index (χ0) is 9.26. The van der Waals surface area contributed by atoms with Gasteiger partial charge in [-0.15, -0.1) is 18.3 Å². The van der Waals surface area contributed by atoms with E-state index in [4.69, 9.17) is 4.74 Å². The molecule has 0 amide bonds. The van der Waals surface area contributed by atoms with Crippen LogP contribution in [0.2, 0.25) is 0 Å². The van der Waals surface area contributed by atoms with E-state index in [0.717, 1.165) is 5.75 Å². The van der Waals surface area contributed by atoms with E-state index in [0.29, 0.717) is 10.5 Å². The summed E-state index contributed by atoms with van der Waals surface area (Å²) in [5, 5.41) is 1.25. The van der Waals surface area contributed by atoms with Crippen LogP contribution in [0.1, 0.15) is 10.8 Å². The molecule has 2 atom stereocenters. The molecule has 0 aromatic heterocycles. The van der Waals surface area contributed by atoms with Gasteiger partial charge in [-0.3, -0.25) is 0 Å². The lowest BCUT2D eigenvalue weighted by Crippen LogP contribution is -1.86. The van der Waals surface area contributed by atoms with Crippen molar-refractivity contribution in [3.8, 4) is 5.75 Å². The number of thioether (sulfide) groups is 1. The summed E-state index contributed by atoms with van der Waals surface area (Å²) in [7, 11) is 1.69. The first-order valence-electron chi connectivity index (χ1n) is 4.27. The van der Waals surface area contributed by atoms with E-state index in [1.807, 2.05) is 30.0 Å². The van der Waals surface area contributed by atoms with Crippen molar-refractivity contribution in [1.82, 2.24) is 0 Å². The van der Waals surface area contributed by atoms with Crippen molar-refractivity contribution in [2.24, 2.45) is 0 Å². The Morgan fingerprint density at radius 1 is 1.38 bits per heavy atom. The highest BCUT2D eigenvalue weighted by Gasteiger charge is 2.36. The number of benzene rings is 1. The molecule has 13 heavy (non-hydrogen) atoms. The lowest BCUT2D eigenvalue weighted by Gasteiger charge is -2.00. The molecule has 1 heterocycles. The smallest absolute Gasteiger partial charge is 0.118 e. The molecular weight excluding hydrogens is 180 g/mol. The molecule has 0 aliphatic carbocycles. The van der Waals surface area contributed by atoms with Crippen molar-refractivity contribution in [2.75, 3.05) is 7.11 Å². The largest absolute Gasteiger partial charge is 0.497 e. The molecule has 1 saturated heterocycles.